The summed E-state index contributed by atoms with van der Waals surface area (Å²) < 4.78 is 39.6. The molecule has 19 heavy (non-hydrogen) atoms. The zero-order valence-electron chi connectivity index (χ0n) is 10.2. The first kappa shape index (κ1) is 13.4. The van der Waals surface area contributed by atoms with Crippen LogP contribution < -0.4 is 10.5 Å². The van der Waals surface area contributed by atoms with Gasteiger partial charge in [0.15, 0.2) is 0 Å². The summed E-state index contributed by atoms with van der Waals surface area (Å²) in [7, 11) is -3.82. The van der Waals surface area contributed by atoms with Crippen LogP contribution in [0.15, 0.2) is 47.4 Å². The van der Waals surface area contributed by atoms with E-state index >= 15 is 0 Å². The lowest BCUT2D eigenvalue weighted by Gasteiger charge is -2.10. The normalized spacial score (nSPS) is 11.3. The molecule has 100 valence electrons. The Labute approximate surface area is 111 Å². The van der Waals surface area contributed by atoms with Crippen LogP contribution in [0, 0.1) is 12.7 Å². The molecule has 6 heteroatoms. The molecule has 0 aliphatic carbocycles. The molecule has 0 amide bonds. The molecule has 2 rings (SSSR count). The predicted molar refractivity (Wildman–Crippen MR) is 72.8 cm³/mol. The van der Waals surface area contributed by atoms with Gasteiger partial charge in [0.25, 0.3) is 10.0 Å². The zero-order chi connectivity index (χ0) is 14.0. The maximum absolute atomic E-state index is 13.0. The van der Waals surface area contributed by atoms with Gasteiger partial charge >= 0.3 is 0 Å². The van der Waals surface area contributed by atoms with E-state index in [1.54, 1.807) is 12.1 Å². The molecule has 0 radical (unpaired) electrons. The van der Waals surface area contributed by atoms with Crippen molar-refractivity contribution >= 4 is 21.4 Å². The molecule has 4 nitrogen and oxygen atoms in total. The molecule has 0 bridgehead atoms. The van der Waals surface area contributed by atoms with Crippen LogP contribution in [0.25, 0.3) is 0 Å². The minimum absolute atomic E-state index is 0.0256. The average molecular weight is 280 g/mol. The first-order valence-corrected chi connectivity index (χ1v) is 7.01. The third-order valence-corrected chi connectivity index (χ3v) is 3.99. The Hall–Kier alpha value is -2.08. The van der Waals surface area contributed by atoms with Gasteiger partial charge in [0.2, 0.25) is 0 Å². The molecule has 0 aliphatic heterocycles. The zero-order valence-corrected chi connectivity index (χ0v) is 11.0. The lowest BCUT2D eigenvalue weighted by atomic mass is 10.2. The third kappa shape index (κ3) is 3.03. The number of nitrogens with one attached hydrogen (secondary N) is 1. The molecule has 0 saturated carbocycles. The Morgan fingerprint density at radius 1 is 1.16 bits per heavy atom. The average Bonchev–Trinajstić information content (AvgIpc) is 2.27. The van der Waals surface area contributed by atoms with Crippen LogP contribution in [-0.2, 0) is 10.0 Å². The maximum atomic E-state index is 13.0. The fourth-order valence-corrected chi connectivity index (χ4v) is 2.84. The number of aryl methyl sites for hydroxylation is 1. The molecule has 0 fully saturated rings. The van der Waals surface area contributed by atoms with Gasteiger partial charge in [-0.1, -0.05) is 12.1 Å². The standard InChI is InChI=1S/C13H13FN2O2S/c1-9-5-6-13(12(15)7-9)19(17,18)16-11-4-2-3-10(14)8-11/h2-8,16H,15H2,1H3. The van der Waals surface area contributed by atoms with Crippen molar-refractivity contribution in [1.82, 2.24) is 0 Å². The van der Waals surface area contributed by atoms with Crippen molar-refractivity contribution < 1.29 is 12.8 Å². The lowest BCUT2D eigenvalue weighted by molar-refractivity contribution is 0.601. The van der Waals surface area contributed by atoms with E-state index in [2.05, 4.69) is 4.72 Å². The van der Waals surface area contributed by atoms with E-state index in [0.717, 1.165) is 11.6 Å². The molecule has 0 spiro atoms. The fourth-order valence-electron chi connectivity index (χ4n) is 1.67. The number of nitrogen functional groups attached to an aromatic ring is 1. The van der Waals surface area contributed by atoms with Crippen LogP contribution in [-0.4, -0.2) is 8.42 Å². The van der Waals surface area contributed by atoms with E-state index in [1.165, 1.54) is 24.3 Å². The van der Waals surface area contributed by atoms with Crippen molar-refractivity contribution in [3.05, 3.63) is 53.8 Å². The Kier molecular flexibility index (Phi) is 3.44. The van der Waals surface area contributed by atoms with Crippen molar-refractivity contribution in [2.24, 2.45) is 0 Å². The van der Waals surface area contributed by atoms with Gasteiger partial charge in [-0.3, -0.25) is 4.72 Å². The molecule has 0 unspecified atom stereocenters. The second kappa shape index (κ2) is 4.89. The second-order valence-electron chi connectivity index (χ2n) is 4.16. The van der Waals surface area contributed by atoms with Crippen molar-refractivity contribution in [3.8, 4) is 0 Å². The molecule has 0 aromatic heterocycles. The molecular formula is C13H13FN2O2S. The van der Waals surface area contributed by atoms with Crippen molar-refractivity contribution in [1.29, 1.82) is 0 Å². The number of anilines is 2. The number of rotatable bonds is 3. The highest BCUT2D eigenvalue weighted by molar-refractivity contribution is 7.92. The van der Waals surface area contributed by atoms with Gasteiger partial charge < -0.3 is 5.73 Å². The number of hydrogen-bond donors (Lipinski definition) is 2. The van der Waals surface area contributed by atoms with Crippen molar-refractivity contribution in [3.63, 3.8) is 0 Å². The van der Waals surface area contributed by atoms with Crippen LogP contribution in [0.5, 0.6) is 0 Å². The molecule has 0 aliphatic rings. The molecule has 0 atom stereocenters. The van der Waals surface area contributed by atoms with E-state index < -0.39 is 15.8 Å². The lowest BCUT2D eigenvalue weighted by Crippen LogP contribution is -2.15. The third-order valence-electron chi connectivity index (χ3n) is 2.53. The van der Waals surface area contributed by atoms with Crippen LogP contribution in [0.3, 0.4) is 0 Å². The van der Waals surface area contributed by atoms with Gasteiger partial charge in [-0.2, -0.15) is 0 Å². The van der Waals surface area contributed by atoms with Crippen LogP contribution in [0.2, 0.25) is 0 Å². The summed E-state index contributed by atoms with van der Waals surface area (Å²) in [5.41, 5.74) is 6.87. The van der Waals surface area contributed by atoms with Crippen LogP contribution in [0.1, 0.15) is 5.56 Å². The molecule has 2 aromatic carbocycles. The Morgan fingerprint density at radius 3 is 2.53 bits per heavy atom. The quantitative estimate of drug-likeness (QED) is 0.848. The minimum atomic E-state index is -3.82. The summed E-state index contributed by atoms with van der Waals surface area (Å²) in [5, 5.41) is 0. The van der Waals surface area contributed by atoms with E-state index in [1.807, 2.05) is 6.92 Å². The van der Waals surface area contributed by atoms with Crippen molar-refractivity contribution in [2.75, 3.05) is 10.5 Å². The Balaban J connectivity index is 2.38. The summed E-state index contributed by atoms with van der Waals surface area (Å²) in [6, 6.07) is 9.86. The fraction of sp³-hybridized carbons (Fsp3) is 0.0769. The Bertz CT molecular complexity index is 714. The smallest absolute Gasteiger partial charge is 0.263 e. The van der Waals surface area contributed by atoms with E-state index in [4.69, 9.17) is 5.73 Å². The summed E-state index contributed by atoms with van der Waals surface area (Å²) in [5.74, 6) is -0.517. The van der Waals surface area contributed by atoms with E-state index in [0.29, 0.717) is 0 Å². The monoisotopic (exact) mass is 280 g/mol. The first-order chi connectivity index (χ1) is 8.88. The summed E-state index contributed by atoms with van der Waals surface area (Å²) in [6.07, 6.45) is 0. The highest BCUT2D eigenvalue weighted by Gasteiger charge is 2.17. The highest BCUT2D eigenvalue weighted by Crippen LogP contribution is 2.22. The Morgan fingerprint density at radius 2 is 1.89 bits per heavy atom. The first-order valence-electron chi connectivity index (χ1n) is 5.53. The largest absolute Gasteiger partial charge is 0.398 e. The van der Waals surface area contributed by atoms with Gasteiger partial charge in [-0.25, -0.2) is 12.8 Å². The minimum Gasteiger partial charge on any atom is -0.398 e. The maximum Gasteiger partial charge on any atom is 0.263 e. The predicted octanol–water partition coefficient (Wildman–Crippen LogP) is 2.52. The number of nitrogens with two attached hydrogens (primary N) is 1. The summed E-state index contributed by atoms with van der Waals surface area (Å²) in [6.45, 7) is 1.81. The van der Waals surface area contributed by atoms with Crippen LogP contribution >= 0.6 is 0 Å². The van der Waals surface area contributed by atoms with E-state index in [9.17, 15) is 12.8 Å². The van der Waals surface area contributed by atoms with Crippen LogP contribution in [0.4, 0.5) is 15.8 Å². The SMILES string of the molecule is Cc1ccc(S(=O)(=O)Nc2cccc(F)c2)c(N)c1. The van der Waals surface area contributed by atoms with Gasteiger partial charge in [0, 0.05) is 0 Å². The number of halogens is 1. The van der Waals surface area contributed by atoms with Crippen molar-refractivity contribution in [2.45, 2.75) is 11.8 Å². The number of hydrogen-bond acceptors (Lipinski definition) is 3. The topological polar surface area (TPSA) is 72.2 Å². The molecular weight excluding hydrogens is 267 g/mol. The molecule has 0 saturated heterocycles. The van der Waals surface area contributed by atoms with Gasteiger partial charge in [0.1, 0.15) is 10.7 Å². The number of benzene rings is 2. The summed E-state index contributed by atoms with van der Waals surface area (Å²) >= 11 is 0. The second-order valence-corrected chi connectivity index (χ2v) is 5.81. The highest BCUT2D eigenvalue weighted by atomic mass is 32.2. The van der Waals surface area contributed by atoms with Gasteiger partial charge in [-0.05, 0) is 42.8 Å². The molecule has 0 heterocycles. The van der Waals surface area contributed by atoms with Gasteiger partial charge in [0.05, 0.1) is 11.4 Å². The summed E-state index contributed by atoms with van der Waals surface area (Å²) in [4.78, 5) is -0.0256. The molecule has 3 N–H and O–H groups in total. The number of sulfonamides is 1. The van der Waals surface area contributed by atoms with Gasteiger partial charge in [-0.15, -0.1) is 0 Å². The van der Waals surface area contributed by atoms with E-state index in [-0.39, 0.29) is 16.3 Å². The molecule has 2 aromatic rings.